The van der Waals surface area contributed by atoms with Crippen molar-refractivity contribution in [1.29, 1.82) is 0 Å². The molecule has 42 heavy (non-hydrogen) atoms. The molecule has 0 saturated heterocycles. The van der Waals surface area contributed by atoms with E-state index in [9.17, 15) is 30.3 Å². The van der Waals surface area contributed by atoms with Crippen molar-refractivity contribution in [2.45, 2.75) is 131 Å². The summed E-state index contributed by atoms with van der Waals surface area (Å²) in [5.41, 5.74) is -1.61. The van der Waals surface area contributed by atoms with E-state index in [1.54, 1.807) is 0 Å². The molecule has 4 unspecified atom stereocenters. The lowest BCUT2D eigenvalue weighted by Crippen LogP contribution is -2.72. The lowest BCUT2D eigenvalue weighted by Gasteiger charge is -2.72. The predicted octanol–water partition coefficient (Wildman–Crippen LogP) is 4.62. The second kappa shape index (κ2) is 10.3. The van der Waals surface area contributed by atoms with E-state index < -0.39 is 40.7 Å². The summed E-state index contributed by atoms with van der Waals surface area (Å²) in [5.74, 6) is 0.0460. The third-order valence-corrected chi connectivity index (χ3v) is 14.3. The van der Waals surface area contributed by atoms with Gasteiger partial charge in [0.15, 0.2) is 0 Å². The van der Waals surface area contributed by atoms with Crippen molar-refractivity contribution < 1.29 is 35.1 Å². The molecule has 0 aromatic carbocycles. The molecule has 0 aliphatic heterocycles. The third-order valence-electron chi connectivity index (χ3n) is 14.3. The molecular weight excluding hydrogens is 532 g/mol. The second-order valence-corrected chi connectivity index (χ2v) is 17.2. The topological polar surface area (TPSA) is 127 Å². The van der Waals surface area contributed by atoms with Gasteiger partial charge in [0.1, 0.15) is 12.2 Å². The smallest absolute Gasteiger partial charge is 0.306 e. The fraction of sp³-hybridized carbons (Fsp3) is 0.914. The molecule has 4 saturated carbocycles. The molecular formula is C35H58O7. The van der Waals surface area contributed by atoms with E-state index in [2.05, 4.69) is 33.8 Å². The molecule has 0 aromatic rings. The van der Waals surface area contributed by atoms with Gasteiger partial charge in [-0.3, -0.25) is 4.79 Å². The standard InChI is InChI=1S/C35H58O7/c1-20(2)15-27(40)42-29-28(41)35(19-37)22(16-30(29,3)4)21-9-10-24-31(5)13-12-25(38)32(6,18-36)23(31)11-14-33(24,7)34(21,8)17-26(35)39/h9,20,22-26,28-29,36-39,41H,10-19H2,1-8H3/t22-,23+,24+,25?,26?,28?,29?,31-,32-,33+,34+,35-/m0/s1. The van der Waals surface area contributed by atoms with Gasteiger partial charge >= 0.3 is 5.97 Å². The number of hydrogen-bond acceptors (Lipinski definition) is 7. The van der Waals surface area contributed by atoms with E-state index in [0.29, 0.717) is 25.2 Å². The minimum absolute atomic E-state index is 0.0219. The van der Waals surface area contributed by atoms with Crippen LogP contribution in [-0.2, 0) is 9.53 Å². The fourth-order valence-corrected chi connectivity index (χ4v) is 11.7. The molecule has 5 rings (SSSR count). The summed E-state index contributed by atoms with van der Waals surface area (Å²) in [6.07, 6.45) is 4.45. The Labute approximate surface area is 253 Å². The van der Waals surface area contributed by atoms with E-state index >= 15 is 0 Å². The Morgan fingerprint density at radius 2 is 1.60 bits per heavy atom. The Bertz CT molecular complexity index is 1100. The molecule has 0 bridgehead atoms. The van der Waals surface area contributed by atoms with Crippen LogP contribution in [0.25, 0.3) is 0 Å². The zero-order valence-corrected chi connectivity index (χ0v) is 27.3. The lowest BCUT2D eigenvalue weighted by molar-refractivity contribution is -0.263. The van der Waals surface area contributed by atoms with Crippen LogP contribution in [0.4, 0.5) is 0 Å². The normalized spacial score (nSPS) is 51.5. The van der Waals surface area contributed by atoms with Gasteiger partial charge in [0, 0.05) is 17.3 Å². The molecule has 240 valence electrons. The van der Waals surface area contributed by atoms with Crippen molar-refractivity contribution in [2.75, 3.05) is 13.2 Å². The van der Waals surface area contributed by atoms with Crippen molar-refractivity contribution in [3.63, 3.8) is 0 Å². The highest BCUT2D eigenvalue weighted by Gasteiger charge is 2.72. The van der Waals surface area contributed by atoms with Crippen molar-refractivity contribution >= 4 is 5.97 Å². The molecule has 12 atom stereocenters. The number of rotatable bonds is 5. The number of fused-ring (bicyclic) bond motifs is 7. The number of carbonyl (C=O) groups is 1. The zero-order chi connectivity index (χ0) is 31.3. The van der Waals surface area contributed by atoms with Crippen LogP contribution in [0.15, 0.2) is 11.6 Å². The highest BCUT2D eigenvalue weighted by Crippen LogP contribution is 2.75. The van der Waals surface area contributed by atoms with Crippen LogP contribution in [-0.4, -0.2) is 69.1 Å². The Hall–Kier alpha value is -0.990. The van der Waals surface area contributed by atoms with Crippen LogP contribution >= 0.6 is 0 Å². The molecule has 0 amide bonds. The van der Waals surface area contributed by atoms with E-state index in [-0.39, 0.29) is 59.6 Å². The molecule has 7 heteroatoms. The van der Waals surface area contributed by atoms with Gasteiger partial charge < -0.3 is 30.3 Å². The van der Waals surface area contributed by atoms with Crippen LogP contribution < -0.4 is 0 Å². The number of hydrogen-bond donors (Lipinski definition) is 5. The first-order valence-corrected chi connectivity index (χ1v) is 16.5. The van der Waals surface area contributed by atoms with E-state index in [4.69, 9.17) is 4.74 Å². The maximum atomic E-state index is 12.8. The van der Waals surface area contributed by atoms with E-state index in [0.717, 1.165) is 25.7 Å². The van der Waals surface area contributed by atoms with Gasteiger partial charge in [-0.15, -0.1) is 0 Å². The van der Waals surface area contributed by atoms with Crippen LogP contribution in [0.5, 0.6) is 0 Å². The number of carbonyl (C=O) groups excluding carboxylic acids is 1. The largest absolute Gasteiger partial charge is 0.459 e. The van der Waals surface area contributed by atoms with Gasteiger partial charge in [0.2, 0.25) is 0 Å². The van der Waals surface area contributed by atoms with Crippen LogP contribution in [0.3, 0.4) is 0 Å². The second-order valence-electron chi connectivity index (χ2n) is 17.2. The molecule has 5 aliphatic carbocycles. The first-order chi connectivity index (χ1) is 19.4. The van der Waals surface area contributed by atoms with Gasteiger partial charge in [-0.25, -0.2) is 0 Å². The Kier molecular flexibility index (Phi) is 7.92. The number of ether oxygens (including phenoxy) is 1. The summed E-state index contributed by atoms with van der Waals surface area (Å²) >= 11 is 0. The summed E-state index contributed by atoms with van der Waals surface area (Å²) in [6, 6.07) is 0. The summed E-state index contributed by atoms with van der Waals surface area (Å²) in [4.78, 5) is 12.8. The average molecular weight is 591 g/mol. The average Bonchev–Trinajstić information content (AvgIpc) is 2.89. The van der Waals surface area contributed by atoms with Crippen molar-refractivity contribution in [3.05, 3.63) is 11.6 Å². The van der Waals surface area contributed by atoms with Crippen LogP contribution in [0.2, 0.25) is 0 Å². The van der Waals surface area contributed by atoms with Crippen LogP contribution in [0, 0.1) is 56.2 Å². The minimum atomic E-state index is -1.21. The molecule has 7 nitrogen and oxygen atoms in total. The summed E-state index contributed by atoms with van der Waals surface area (Å²) in [6.45, 7) is 16.7. The molecule has 0 heterocycles. The fourth-order valence-electron chi connectivity index (χ4n) is 11.7. The van der Waals surface area contributed by atoms with E-state index in [1.165, 1.54) is 5.57 Å². The highest BCUT2D eigenvalue weighted by molar-refractivity contribution is 5.70. The summed E-state index contributed by atoms with van der Waals surface area (Å²) < 4.78 is 5.96. The SMILES string of the molecule is CC(C)CC(=O)OC1C(O)[C@]2(CO)C(O)C[C@]3(C)C(=CC[C@@H]4[C@@]5(C)CCC(O)[C@@](C)(CO)[C@@H]5CC[C@]43C)[C@@H]2CC1(C)C. The minimum Gasteiger partial charge on any atom is -0.459 e. The highest BCUT2D eigenvalue weighted by atomic mass is 16.6. The monoisotopic (exact) mass is 590 g/mol. The van der Waals surface area contributed by atoms with Gasteiger partial charge in [0.05, 0.1) is 30.8 Å². The van der Waals surface area contributed by atoms with Crippen LogP contribution in [0.1, 0.15) is 107 Å². The maximum Gasteiger partial charge on any atom is 0.306 e. The number of aliphatic hydroxyl groups excluding tert-OH is 5. The summed E-state index contributed by atoms with van der Waals surface area (Å²) in [5, 5.41) is 56.6. The number of allylic oxidation sites excluding steroid dienone is 2. The van der Waals surface area contributed by atoms with Crippen molar-refractivity contribution in [1.82, 2.24) is 0 Å². The lowest BCUT2D eigenvalue weighted by atomic mass is 9.33. The van der Waals surface area contributed by atoms with Gasteiger partial charge in [-0.2, -0.15) is 0 Å². The van der Waals surface area contributed by atoms with Gasteiger partial charge in [-0.1, -0.05) is 67.0 Å². The first kappa shape index (κ1) is 32.4. The summed E-state index contributed by atoms with van der Waals surface area (Å²) in [7, 11) is 0. The first-order valence-electron chi connectivity index (χ1n) is 16.5. The molecule has 5 aliphatic rings. The number of aliphatic hydroxyl groups is 5. The number of esters is 1. The molecule has 0 aromatic heterocycles. The Balaban J connectivity index is 1.56. The van der Waals surface area contributed by atoms with Gasteiger partial charge in [0.25, 0.3) is 0 Å². The maximum absolute atomic E-state index is 12.8. The molecule has 0 spiro atoms. The zero-order valence-electron chi connectivity index (χ0n) is 27.3. The van der Waals surface area contributed by atoms with E-state index in [1.807, 2.05) is 27.7 Å². The van der Waals surface area contributed by atoms with Crippen molar-refractivity contribution in [2.24, 2.45) is 56.2 Å². The quantitative estimate of drug-likeness (QED) is 0.234. The Morgan fingerprint density at radius 3 is 2.19 bits per heavy atom. The van der Waals surface area contributed by atoms with Gasteiger partial charge in [-0.05, 0) is 84.9 Å². The molecule has 4 fully saturated rings. The predicted molar refractivity (Wildman–Crippen MR) is 161 cm³/mol. The molecule has 0 radical (unpaired) electrons. The third kappa shape index (κ3) is 4.12. The molecule has 5 N–H and O–H groups in total. The van der Waals surface area contributed by atoms with Crippen molar-refractivity contribution in [3.8, 4) is 0 Å². The Morgan fingerprint density at radius 1 is 0.929 bits per heavy atom.